The molecule has 2 saturated heterocycles. The maximum Gasteiger partial charge on any atom is 0.497 e. The number of nitrogens with one attached hydrogen (secondary N) is 1. The lowest BCUT2D eigenvalue weighted by atomic mass is 9.78. The van der Waals surface area contributed by atoms with Crippen molar-refractivity contribution in [3.8, 4) is 0 Å². The van der Waals surface area contributed by atoms with E-state index in [4.69, 9.17) is 9.31 Å². The highest BCUT2D eigenvalue weighted by Gasteiger charge is 2.52. The van der Waals surface area contributed by atoms with Crippen LogP contribution in [0.1, 0.15) is 53.4 Å². The van der Waals surface area contributed by atoms with Crippen LogP contribution in [0.2, 0.25) is 0 Å². The zero-order chi connectivity index (χ0) is 21.4. The standard InChI is InChI=1S/C20H28BFN2O5/c1-19(2)20(3,4)29-21(28-19)13-9-8-10-14(16(13)22)23-17(25)15-11-6-5-7-12-24(15)18(26)27/h8-10,15H,5-7,11-12H2,1-4H3,(H,23,25)(H,26,27)/t15-/m0/s1. The summed E-state index contributed by atoms with van der Waals surface area (Å²) in [5.74, 6) is -1.17. The summed E-state index contributed by atoms with van der Waals surface area (Å²) in [6, 6.07) is 3.78. The molecule has 2 fully saturated rings. The molecule has 29 heavy (non-hydrogen) atoms. The van der Waals surface area contributed by atoms with Crippen LogP contribution in [-0.2, 0) is 14.1 Å². The van der Waals surface area contributed by atoms with Gasteiger partial charge in [0.1, 0.15) is 11.9 Å². The lowest BCUT2D eigenvalue weighted by Crippen LogP contribution is -2.46. The second kappa shape index (κ2) is 7.95. The van der Waals surface area contributed by atoms with Crippen molar-refractivity contribution in [1.29, 1.82) is 0 Å². The molecule has 0 spiro atoms. The zero-order valence-electron chi connectivity index (χ0n) is 17.3. The Hall–Kier alpha value is -2.13. The van der Waals surface area contributed by atoms with Crippen molar-refractivity contribution in [2.75, 3.05) is 11.9 Å². The first kappa shape index (κ1) is 21.6. The average Bonchev–Trinajstić information content (AvgIpc) is 2.80. The third kappa shape index (κ3) is 4.26. The second-order valence-electron chi connectivity index (χ2n) is 8.63. The molecule has 0 bridgehead atoms. The molecule has 2 N–H and O–H groups in total. The van der Waals surface area contributed by atoms with Crippen LogP contribution < -0.4 is 10.8 Å². The lowest BCUT2D eigenvalue weighted by Gasteiger charge is -2.32. The molecule has 0 aliphatic carbocycles. The number of hydrogen-bond donors (Lipinski definition) is 2. The summed E-state index contributed by atoms with van der Waals surface area (Å²) in [6.45, 7) is 7.81. The van der Waals surface area contributed by atoms with Gasteiger partial charge in [-0.05, 0) is 46.6 Å². The number of hydrogen-bond acceptors (Lipinski definition) is 4. The number of nitrogens with zero attached hydrogens (tertiary/aromatic N) is 1. The Morgan fingerprint density at radius 2 is 1.83 bits per heavy atom. The van der Waals surface area contributed by atoms with E-state index in [2.05, 4.69) is 5.32 Å². The Balaban J connectivity index is 1.81. The van der Waals surface area contributed by atoms with E-state index >= 15 is 4.39 Å². The average molecular weight is 406 g/mol. The molecule has 7 nitrogen and oxygen atoms in total. The first-order valence-corrected chi connectivity index (χ1v) is 9.98. The molecule has 2 heterocycles. The first-order chi connectivity index (χ1) is 13.5. The van der Waals surface area contributed by atoms with E-state index in [0.29, 0.717) is 19.4 Å². The fraction of sp³-hybridized carbons (Fsp3) is 0.600. The van der Waals surface area contributed by atoms with Crippen LogP contribution >= 0.6 is 0 Å². The molecule has 0 aromatic heterocycles. The molecular weight excluding hydrogens is 378 g/mol. The maximum atomic E-state index is 15.2. The van der Waals surface area contributed by atoms with Crippen molar-refractivity contribution in [1.82, 2.24) is 4.90 Å². The molecule has 2 aliphatic rings. The summed E-state index contributed by atoms with van der Waals surface area (Å²) in [7, 11) is -0.898. The molecule has 1 atom stereocenters. The van der Waals surface area contributed by atoms with Gasteiger partial charge >= 0.3 is 13.2 Å². The number of benzene rings is 1. The molecule has 2 aliphatic heterocycles. The minimum absolute atomic E-state index is 0.0169. The minimum Gasteiger partial charge on any atom is -0.465 e. The third-order valence-electron chi connectivity index (χ3n) is 6.09. The maximum absolute atomic E-state index is 15.2. The van der Waals surface area contributed by atoms with E-state index in [1.807, 2.05) is 27.7 Å². The second-order valence-corrected chi connectivity index (χ2v) is 8.63. The van der Waals surface area contributed by atoms with E-state index in [9.17, 15) is 14.7 Å². The summed E-state index contributed by atoms with van der Waals surface area (Å²) < 4.78 is 27.0. The number of carbonyl (C=O) groups is 2. The van der Waals surface area contributed by atoms with E-state index in [-0.39, 0.29) is 11.2 Å². The minimum atomic E-state index is -1.14. The molecule has 0 radical (unpaired) electrons. The number of halogens is 1. The fourth-order valence-electron chi connectivity index (χ4n) is 3.62. The summed E-state index contributed by atoms with van der Waals surface area (Å²) >= 11 is 0. The molecule has 3 rings (SSSR count). The van der Waals surface area contributed by atoms with E-state index in [0.717, 1.165) is 17.7 Å². The molecule has 1 aromatic carbocycles. The number of rotatable bonds is 3. The van der Waals surface area contributed by atoms with E-state index < -0.39 is 42.2 Å². The van der Waals surface area contributed by atoms with Crippen LogP contribution in [0.25, 0.3) is 0 Å². The van der Waals surface area contributed by atoms with Crippen LogP contribution in [0.4, 0.5) is 14.9 Å². The lowest BCUT2D eigenvalue weighted by molar-refractivity contribution is -0.120. The summed E-state index contributed by atoms with van der Waals surface area (Å²) in [5, 5.41) is 12.0. The van der Waals surface area contributed by atoms with Gasteiger partial charge < -0.3 is 19.7 Å². The zero-order valence-corrected chi connectivity index (χ0v) is 17.3. The van der Waals surface area contributed by atoms with Gasteiger partial charge in [-0.15, -0.1) is 0 Å². The molecule has 9 heteroatoms. The normalized spacial score (nSPS) is 23.6. The predicted molar refractivity (Wildman–Crippen MR) is 108 cm³/mol. The first-order valence-electron chi connectivity index (χ1n) is 9.98. The molecule has 2 amide bonds. The largest absolute Gasteiger partial charge is 0.497 e. The van der Waals surface area contributed by atoms with Gasteiger partial charge in [0.2, 0.25) is 5.91 Å². The van der Waals surface area contributed by atoms with Crippen molar-refractivity contribution < 1.29 is 28.4 Å². The molecule has 158 valence electrons. The third-order valence-corrected chi connectivity index (χ3v) is 6.09. The van der Waals surface area contributed by atoms with Gasteiger partial charge in [0.15, 0.2) is 0 Å². The summed E-state index contributed by atoms with van der Waals surface area (Å²) in [6.07, 6.45) is 1.59. The van der Waals surface area contributed by atoms with Gasteiger partial charge in [0.05, 0.1) is 16.9 Å². The summed E-state index contributed by atoms with van der Waals surface area (Å²) in [5.41, 5.74) is -1.06. The van der Waals surface area contributed by atoms with Crippen molar-refractivity contribution in [2.45, 2.75) is 70.6 Å². The molecular formula is C20H28BFN2O5. The van der Waals surface area contributed by atoms with Gasteiger partial charge in [-0.1, -0.05) is 25.0 Å². The summed E-state index contributed by atoms with van der Waals surface area (Å²) in [4.78, 5) is 25.4. The monoisotopic (exact) mass is 406 g/mol. The van der Waals surface area contributed by atoms with Crippen LogP contribution in [0, 0.1) is 5.82 Å². The fourth-order valence-corrected chi connectivity index (χ4v) is 3.62. The van der Waals surface area contributed by atoms with Gasteiger partial charge in [-0.3, -0.25) is 9.69 Å². The van der Waals surface area contributed by atoms with Crippen LogP contribution in [0.5, 0.6) is 0 Å². The number of carboxylic acid groups (broad SMARTS) is 1. The quantitative estimate of drug-likeness (QED) is 0.754. The Morgan fingerprint density at radius 3 is 2.45 bits per heavy atom. The highest BCUT2D eigenvalue weighted by atomic mass is 19.1. The van der Waals surface area contributed by atoms with Crippen molar-refractivity contribution in [3.05, 3.63) is 24.0 Å². The van der Waals surface area contributed by atoms with Crippen molar-refractivity contribution in [3.63, 3.8) is 0 Å². The Morgan fingerprint density at radius 1 is 1.17 bits per heavy atom. The topological polar surface area (TPSA) is 88.1 Å². The molecule has 0 unspecified atom stereocenters. The number of amides is 2. The smallest absolute Gasteiger partial charge is 0.465 e. The Labute approximate surface area is 170 Å². The van der Waals surface area contributed by atoms with Crippen molar-refractivity contribution in [2.24, 2.45) is 0 Å². The van der Waals surface area contributed by atoms with Gasteiger partial charge in [-0.25, -0.2) is 9.18 Å². The van der Waals surface area contributed by atoms with Crippen LogP contribution in [0.3, 0.4) is 0 Å². The Bertz CT molecular complexity index is 785. The van der Waals surface area contributed by atoms with E-state index in [1.165, 1.54) is 6.07 Å². The van der Waals surface area contributed by atoms with Gasteiger partial charge in [-0.2, -0.15) is 0 Å². The molecule has 0 saturated carbocycles. The van der Waals surface area contributed by atoms with Crippen LogP contribution in [0.15, 0.2) is 18.2 Å². The predicted octanol–water partition coefficient (Wildman–Crippen LogP) is 2.99. The highest BCUT2D eigenvalue weighted by Crippen LogP contribution is 2.37. The van der Waals surface area contributed by atoms with E-state index in [1.54, 1.807) is 12.1 Å². The molecule has 1 aromatic rings. The van der Waals surface area contributed by atoms with Gasteiger partial charge in [0.25, 0.3) is 0 Å². The number of likely N-dealkylation sites (tertiary alicyclic amines) is 1. The Kier molecular flexibility index (Phi) is 5.92. The number of carbonyl (C=O) groups excluding carboxylic acids is 1. The number of anilines is 1. The van der Waals surface area contributed by atoms with Crippen LogP contribution in [-0.4, -0.2) is 52.9 Å². The van der Waals surface area contributed by atoms with Crippen molar-refractivity contribution >= 4 is 30.3 Å². The van der Waals surface area contributed by atoms with Gasteiger partial charge in [0, 0.05) is 12.0 Å². The highest BCUT2D eigenvalue weighted by molar-refractivity contribution is 6.62. The SMILES string of the molecule is CC1(C)OB(c2cccc(NC(=O)[C@@H]3CCCCCN3C(=O)O)c2F)OC1(C)C.